The van der Waals surface area contributed by atoms with E-state index < -0.39 is 17.8 Å². The van der Waals surface area contributed by atoms with E-state index >= 15 is 0 Å². The van der Waals surface area contributed by atoms with Gasteiger partial charge in [-0.05, 0) is 31.2 Å². The third-order valence-electron chi connectivity index (χ3n) is 2.68. The molecule has 2 rings (SSSR count). The lowest BCUT2D eigenvalue weighted by Gasteiger charge is -2.01. The number of nitrogens with zero attached hydrogens (tertiary/aromatic N) is 2. The first-order valence-corrected chi connectivity index (χ1v) is 6.82. The maximum atomic E-state index is 11.6. The van der Waals surface area contributed by atoms with Crippen LogP contribution in [0.4, 0.5) is 6.01 Å². The van der Waals surface area contributed by atoms with Gasteiger partial charge in [0.05, 0.1) is 12.2 Å². The van der Waals surface area contributed by atoms with Crippen molar-refractivity contribution in [3.8, 4) is 11.5 Å². The number of carbonyl (C=O) groups is 3. The molecule has 24 heavy (non-hydrogen) atoms. The first-order valence-electron chi connectivity index (χ1n) is 6.82. The molecule has 9 nitrogen and oxygen atoms in total. The fourth-order valence-corrected chi connectivity index (χ4v) is 1.65. The summed E-state index contributed by atoms with van der Waals surface area (Å²) >= 11 is 0. The molecule has 0 fully saturated rings. The van der Waals surface area contributed by atoms with E-state index in [1.54, 1.807) is 31.2 Å². The van der Waals surface area contributed by atoms with Crippen molar-refractivity contribution in [1.29, 1.82) is 0 Å². The molecule has 2 N–H and O–H groups in total. The van der Waals surface area contributed by atoms with Crippen LogP contribution in [0.3, 0.4) is 0 Å². The minimum Gasteiger partial charge on any atom is -0.478 e. The summed E-state index contributed by atoms with van der Waals surface area (Å²) in [4.78, 5) is 33.3. The van der Waals surface area contributed by atoms with Crippen molar-refractivity contribution >= 4 is 23.9 Å². The lowest BCUT2D eigenvalue weighted by molar-refractivity contribution is -0.131. The number of benzene rings is 1. The lowest BCUT2D eigenvalue weighted by Crippen LogP contribution is -2.08. The summed E-state index contributed by atoms with van der Waals surface area (Å²) in [6.45, 7) is 2.00. The monoisotopic (exact) mass is 331 g/mol. The summed E-state index contributed by atoms with van der Waals surface area (Å²) in [5.41, 5.74) is 0.921. The fourth-order valence-electron chi connectivity index (χ4n) is 1.65. The predicted molar refractivity (Wildman–Crippen MR) is 81.1 cm³/mol. The Bertz CT molecular complexity index is 779. The largest absolute Gasteiger partial charge is 0.478 e. The molecule has 0 saturated heterocycles. The number of aliphatic carboxylic acids is 1. The van der Waals surface area contributed by atoms with E-state index in [9.17, 15) is 14.4 Å². The van der Waals surface area contributed by atoms with E-state index in [0.717, 1.165) is 6.08 Å². The number of carboxylic acids is 1. The fraction of sp³-hybridized carbons (Fsp3) is 0.133. The van der Waals surface area contributed by atoms with Gasteiger partial charge in [-0.3, -0.25) is 10.1 Å². The quantitative estimate of drug-likeness (QED) is 0.601. The van der Waals surface area contributed by atoms with Gasteiger partial charge in [0.25, 0.3) is 5.91 Å². The van der Waals surface area contributed by atoms with Crippen LogP contribution in [0.15, 0.2) is 40.8 Å². The number of amides is 1. The van der Waals surface area contributed by atoms with Crippen LogP contribution >= 0.6 is 0 Å². The molecular formula is C15H13N3O6. The molecule has 0 aliphatic heterocycles. The molecule has 2 aromatic rings. The Hall–Kier alpha value is -3.49. The average molecular weight is 331 g/mol. The Balaban J connectivity index is 2.06. The highest BCUT2D eigenvalue weighted by Gasteiger charge is 2.12. The third kappa shape index (κ3) is 4.50. The normalized spacial score (nSPS) is 10.5. The number of aromatic nitrogens is 2. The maximum Gasteiger partial charge on any atom is 0.338 e. The second-order valence-electron chi connectivity index (χ2n) is 4.37. The van der Waals surface area contributed by atoms with Gasteiger partial charge >= 0.3 is 18.0 Å². The number of anilines is 1. The van der Waals surface area contributed by atoms with Gasteiger partial charge in [-0.15, -0.1) is 5.10 Å². The summed E-state index contributed by atoms with van der Waals surface area (Å²) in [5, 5.41) is 18.0. The van der Waals surface area contributed by atoms with Crippen LogP contribution in [0.2, 0.25) is 0 Å². The molecule has 0 radical (unpaired) electrons. The van der Waals surface area contributed by atoms with Gasteiger partial charge in [-0.1, -0.05) is 5.10 Å². The second-order valence-corrected chi connectivity index (χ2v) is 4.37. The van der Waals surface area contributed by atoms with Crippen LogP contribution in [-0.4, -0.2) is 39.8 Å². The van der Waals surface area contributed by atoms with Gasteiger partial charge < -0.3 is 14.3 Å². The second kappa shape index (κ2) is 7.68. The van der Waals surface area contributed by atoms with Crippen molar-refractivity contribution in [2.75, 3.05) is 11.9 Å². The summed E-state index contributed by atoms with van der Waals surface area (Å²) in [6.07, 6.45) is 1.50. The van der Waals surface area contributed by atoms with Gasteiger partial charge in [-0.25, -0.2) is 9.59 Å². The van der Waals surface area contributed by atoms with Crippen LogP contribution in [-0.2, 0) is 14.3 Å². The van der Waals surface area contributed by atoms with E-state index in [1.165, 1.54) is 0 Å². The molecule has 0 spiro atoms. The smallest absolute Gasteiger partial charge is 0.338 e. The maximum absolute atomic E-state index is 11.6. The molecule has 124 valence electrons. The van der Waals surface area contributed by atoms with Crippen LogP contribution in [0, 0.1) is 0 Å². The van der Waals surface area contributed by atoms with Gasteiger partial charge in [-0.2, -0.15) is 0 Å². The molecule has 0 aliphatic carbocycles. The number of carboxylic acid groups (broad SMARTS) is 1. The minimum absolute atomic E-state index is 0.128. The first kappa shape index (κ1) is 16.9. The highest BCUT2D eigenvalue weighted by molar-refractivity contribution is 6.01. The third-order valence-corrected chi connectivity index (χ3v) is 2.68. The number of nitrogens with one attached hydrogen (secondary N) is 1. The van der Waals surface area contributed by atoms with Crippen molar-refractivity contribution in [3.63, 3.8) is 0 Å². The number of hydrogen-bond donors (Lipinski definition) is 2. The number of hydrogen-bond acceptors (Lipinski definition) is 7. The van der Waals surface area contributed by atoms with Crippen molar-refractivity contribution in [1.82, 2.24) is 10.2 Å². The van der Waals surface area contributed by atoms with Gasteiger partial charge in [0.15, 0.2) is 0 Å². The summed E-state index contributed by atoms with van der Waals surface area (Å²) in [6, 6.07) is 6.10. The van der Waals surface area contributed by atoms with Crippen molar-refractivity contribution in [3.05, 3.63) is 42.0 Å². The van der Waals surface area contributed by atoms with E-state index in [1.807, 2.05) is 0 Å². The van der Waals surface area contributed by atoms with E-state index in [2.05, 4.69) is 15.5 Å². The van der Waals surface area contributed by atoms with Crippen LogP contribution < -0.4 is 5.32 Å². The Kier molecular flexibility index (Phi) is 5.40. The molecule has 0 atom stereocenters. The zero-order valence-corrected chi connectivity index (χ0v) is 12.6. The van der Waals surface area contributed by atoms with Crippen LogP contribution in [0.5, 0.6) is 0 Å². The van der Waals surface area contributed by atoms with Gasteiger partial charge in [0.1, 0.15) is 0 Å². The Morgan fingerprint density at radius 1 is 1.21 bits per heavy atom. The van der Waals surface area contributed by atoms with Crippen molar-refractivity contribution < 1.29 is 28.6 Å². The minimum atomic E-state index is -1.25. The molecule has 1 aromatic carbocycles. The highest BCUT2D eigenvalue weighted by atomic mass is 16.5. The van der Waals surface area contributed by atoms with E-state index in [4.69, 9.17) is 14.3 Å². The Morgan fingerprint density at radius 3 is 2.54 bits per heavy atom. The number of ether oxygens (including phenoxy) is 1. The van der Waals surface area contributed by atoms with Crippen LogP contribution in [0.25, 0.3) is 11.5 Å². The van der Waals surface area contributed by atoms with Crippen LogP contribution in [0.1, 0.15) is 17.3 Å². The average Bonchev–Trinajstić information content (AvgIpc) is 3.02. The zero-order chi connectivity index (χ0) is 17.5. The topological polar surface area (TPSA) is 132 Å². The molecule has 0 bridgehead atoms. The molecule has 1 heterocycles. The standard InChI is InChI=1S/C15H13N3O6/c1-2-23-14(22)10-5-3-9(4-6-10)13-17-18-15(24-13)16-11(19)7-8-12(20)21/h3-8H,2H2,1H3,(H,20,21)(H,16,18,19)/b8-7-. The number of esters is 1. The lowest BCUT2D eigenvalue weighted by atomic mass is 10.1. The van der Waals surface area contributed by atoms with E-state index in [0.29, 0.717) is 17.2 Å². The summed E-state index contributed by atoms with van der Waals surface area (Å²) < 4.78 is 10.1. The first-order chi connectivity index (χ1) is 11.5. The van der Waals surface area contributed by atoms with Crippen molar-refractivity contribution in [2.45, 2.75) is 6.92 Å². The molecule has 0 aliphatic rings. The number of carbonyl (C=O) groups excluding carboxylic acids is 2. The molecule has 0 unspecified atom stereocenters. The molecule has 1 amide bonds. The highest BCUT2D eigenvalue weighted by Crippen LogP contribution is 2.20. The zero-order valence-electron chi connectivity index (χ0n) is 12.6. The van der Waals surface area contributed by atoms with Gasteiger partial charge in [0.2, 0.25) is 5.89 Å². The van der Waals surface area contributed by atoms with Gasteiger partial charge in [0, 0.05) is 17.7 Å². The Morgan fingerprint density at radius 2 is 1.92 bits per heavy atom. The predicted octanol–water partition coefficient (Wildman–Crippen LogP) is 1.49. The molecule has 0 saturated carbocycles. The molecule has 9 heteroatoms. The molecule has 1 aromatic heterocycles. The summed E-state index contributed by atoms with van der Waals surface area (Å²) in [5.74, 6) is -2.28. The SMILES string of the molecule is CCOC(=O)c1ccc(-c2nnc(NC(=O)/C=C\C(=O)O)o2)cc1. The molecular weight excluding hydrogens is 318 g/mol. The van der Waals surface area contributed by atoms with E-state index in [-0.39, 0.29) is 18.5 Å². The number of rotatable bonds is 6. The van der Waals surface area contributed by atoms with Crippen molar-refractivity contribution in [2.24, 2.45) is 0 Å². The summed E-state index contributed by atoms with van der Waals surface area (Å²) in [7, 11) is 0. The Labute approximate surface area is 135 Å².